The first kappa shape index (κ1) is 28.7. The molecule has 0 amide bonds. The van der Waals surface area contributed by atoms with Gasteiger partial charge in [-0.3, -0.25) is 0 Å². The summed E-state index contributed by atoms with van der Waals surface area (Å²) in [6, 6.07) is 20.5. The fourth-order valence-corrected chi connectivity index (χ4v) is 4.99. The maximum atomic E-state index is 12.1. The van der Waals surface area contributed by atoms with Gasteiger partial charge in [0.05, 0.1) is 32.0 Å². The van der Waals surface area contributed by atoms with Crippen LogP contribution in [0.3, 0.4) is 0 Å². The number of anilines is 1. The van der Waals surface area contributed by atoms with Crippen molar-refractivity contribution in [1.82, 2.24) is 0 Å². The van der Waals surface area contributed by atoms with Crippen LogP contribution < -0.4 is 9.64 Å². The predicted molar refractivity (Wildman–Crippen MR) is 157 cm³/mol. The number of aliphatic hydroxyl groups is 1. The third-order valence-corrected chi connectivity index (χ3v) is 6.99. The fourth-order valence-electron chi connectivity index (χ4n) is 4.99. The molecular formula is C33H41NO5. The van der Waals surface area contributed by atoms with Crippen LogP contribution in [0.1, 0.15) is 56.5 Å². The summed E-state index contributed by atoms with van der Waals surface area (Å²) in [5, 5.41) is 8.99. The Kier molecular flexibility index (Phi) is 9.65. The standard InChI is InChI=1S/C33H41NO5/c1-5-38-32(36)25-10-8-24(9-11-25)26-13-15-31(39-21-20-37-19-18-35)28(22-26)27-12-14-30(34-16-6-7-17-34)29(23-27)33(2,3)4/h8-15,22-23,35H,5-7,16-21H2,1-4H3. The van der Waals surface area contributed by atoms with Crippen LogP contribution in [-0.2, 0) is 14.9 Å². The summed E-state index contributed by atoms with van der Waals surface area (Å²) < 4.78 is 16.7. The number of rotatable bonds is 11. The molecule has 0 spiro atoms. The zero-order valence-corrected chi connectivity index (χ0v) is 23.7. The van der Waals surface area contributed by atoms with Gasteiger partial charge in [0.15, 0.2) is 0 Å². The van der Waals surface area contributed by atoms with Crippen LogP contribution in [0.5, 0.6) is 5.75 Å². The van der Waals surface area contributed by atoms with E-state index in [0.29, 0.717) is 32.0 Å². The molecule has 1 N–H and O–H groups in total. The second-order valence-corrected chi connectivity index (χ2v) is 10.9. The molecule has 208 valence electrons. The molecule has 1 fully saturated rings. The van der Waals surface area contributed by atoms with Crippen LogP contribution in [0.4, 0.5) is 5.69 Å². The monoisotopic (exact) mass is 531 g/mol. The van der Waals surface area contributed by atoms with E-state index in [4.69, 9.17) is 19.3 Å². The smallest absolute Gasteiger partial charge is 0.338 e. The zero-order chi connectivity index (χ0) is 27.8. The number of benzene rings is 3. The minimum absolute atomic E-state index is 0.00610. The largest absolute Gasteiger partial charge is 0.491 e. The van der Waals surface area contributed by atoms with Gasteiger partial charge in [0.25, 0.3) is 0 Å². The molecule has 1 saturated heterocycles. The number of ether oxygens (including phenoxy) is 3. The van der Waals surface area contributed by atoms with Gasteiger partial charge in [0.1, 0.15) is 12.4 Å². The van der Waals surface area contributed by atoms with Gasteiger partial charge in [-0.05, 0) is 83.8 Å². The van der Waals surface area contributed by atoms with Crippen LogP contribution >= 0.6 is 0 Å². The highest BCUT2D eigenvalue weighted by Crippen LogP contribution is 2.40. The highest BCUT2D eigenvalue weighted by atomic mass is 16.5. The molecular weight excluding hydrogens is 490 g/mol. The highest BCUT2D eigenvalue weighted by molar-refractivity contribution is 5.90. The zero-order valence-electron chi connectivity index (χ0n) is 23.7. The van der Waals surface area contributed by atoms with Gasteiger partial charge in [-0.15, -0.1) is 0 Å². The molecule has 1 aliphatic heterocycles. The number of hydrogen-bond donors (Lipinski definition) is 1. The first-order valence-electron chi connectivity index (χ1n) is 13.9. The van der Waals surface area contributed by atoms with Crippen LogP contribution in [0.25, 0.3) is 22.3 Å². The molecule has 39 heavy (non-hydrogen) atoms. The van der Waals surface area contributed by atoms with Crippen molar-refractivity contribution in [1.29, 1.82) is 0 Å². The Hall–Kier alpha value is -3.35. The lowest BCUT2D eigenvalue weighted by Gasteiger charge is -2.29. The van der Waals surface area contributed by atoms with Gasteiger partial charge >= 0.3 is 5.97 Å². The van der Waals surface area contributed by atoms with E-state index >= 15 is 0 Å². The van der Waals surface area contributed by atoms with Gasteiger partial charge in [0, 0.05) is 24.3 Å². The third kappa shape index (κ3) is 7.20. The number of nitrogens with zero attached hydrogens (tertiary/aromatic N) is 1. The molecule has 0 aliphatic carbocycles. The minimum Gasteiger partial charge on any atom is -0.491 e. The van der Waals surface area contributed by atoms with Crippen molar-refractivity contribution in [2.45, 2.75) is 46.0 Å². The van der Waals surface area contributed by atoms with Crippen molar-refractivity contribution in [3.05, 3.63) is 71.8 Å². The van der Waals surface area contributed by atoms with Crippen molar-refractivity contribution in [2.24, 2.45) is 0 Å². The summed E-state index contributed by atoms with van der Waals surface area (Å²) in [5.74, 6) is 0.466. The molecule has 0 radical (unpaired) electrons. The average Bonchev–Trinajstić information content (AvgIpc) is 3.47. The first-order chi connectivity index (χ1) is 18.8. The predicted octanol–water partition coefficient (Wildman–Crippen LogP) is 6.48. The molecule has 6 heteroatoms. The minimum atomic E-state index is -0.315. The van der Waals surface area contributed by atoms with Gasteiger partial charge in [-0.25, -0.2) is 4.79 Å². The molecule has 3 aromatic carbocycles. The third-order valence-electron chi connectivity index (χ3n) is 6.99. The van der Waals surface area contributed by atoms with Crippen molar-refractivity contribution >= 4 is 11.7 Å². The highest BCUT2D eigenvalue weighted by Gasteiger charge is 2.24. The topological polar surface area (TPSA) is 68.2 Å². The number of aliphatic hydroxyl groups excluding tert-OH is 1. The van der Waals surface area contributed by atoms with Gasteiger partial charge in [0.2, 0.25) is 0 Å². The van der Waals surface area contributed by atoms with Crippen molar-refractivity contribution in [2.75, 3.05) is 51.0 Å². The van der Waals surface area contributed by atoms with E-state index < -0.39 is 0 Å². The summed E-state index contributed by atoms with van der Waals surface area (Å²) >= 11 is 0. The molecule has 0 aromatic heterocycles. The quantitative estimate of drug-likeness (QED) is 0.226. The number of carbonyl (C=O) groups excluding carboxylic acids is 1. The second kappa shape index (κ2) is 13.1. The Morgan fingerprint density at radius 1 is 0.872 bits per heavy atom. The van der Waals surface area contributed by atoms with E-state index in [9.17, 15) is 4.79 Å². The van der Waals surface area contributed by atoms with Crippen molar-refractivity contribution in [3.63, 3.8) is 0 Å². The van der Waals surface area contributed by atoms with Crippen LogP contribution in [0.2, 0.25) is 0 Å². The van der Waals surface area contributed by atoms with E-state index in [1.54, 1.807) is 19.1 Å². The number of carbonyl (C=O) groups is 1. The lowest BCUT2D eigenvalue weighted by Crippen LogP contribution is -2.23. The summed E-state index contributed by atoms with van der Waals surface area (Å²) in [7, 11) is 0. The first-order valence-corrected chi connectivity index (χ1v) is 13.9. The van der Waals surface area contributed by atoms with Crippen LogP contribution in [0.15, 0.2) is 60.7 Å². The molecule has 3 aromatic rings. The second-order valence-electron chi connectivity index (χ2n) is 10.9. The molecule has 6 nitrogen and oxygen atoms in total. The van der Waals surface area contributed by atoms with Gasteiger partial charge in [-0.2, -0.15) is 0 Å². The van der Waals surface area contributed by atoms with E-state index in [1.165, 1.54) is 24.1 Å². The summed E-state index contributed by atoms with van der Waals surface area (Å²) in [6.45, 7) is 12.2. The fraction of sp³-hybridized carbons (Fsp3) is 0.424. The lowest BCUT2D eigenvalue weighted by atomic mass is 9.83. The van der Waals surface area contributed by atoms with E-state index in [0.717, 1.165) is 41.1 Å². The molecule has 4 rings (SSSR count). The van der Waals surface area contributed by atoms with Crippen molar-refractivity contribution < 1.29 is 24.1 Å². The Morgan fingerprint density at radius 2 is 1.56 bits per heavy atom. The van der Waals surface area contributed by atoms with Crippen LogP contribution in [0, 0.1) is 0 Å². The molecule has 1 heterocycles. The number of hydrogen-bond acceptors (Lipinski definition) is 6. The summed E-state index contributed by atoms with van der Waals surface area (Å²) in [4.78, 5) is 14.6. The Balaban J connectivity index is 1.72. The van der Waals surface area contributed by atoms with Gasteiger partial charge < -0.3 is 24.2 Å². The molecule has 0 unspecified atom stereocenters. The number of esters is 1. The Bertz CT molecular complexity index is 1240. The molecule has 0 atom stereocenters. The maximum absolute atomic E-state index is 12.1. The molecule has 0 saturated carbocycles. The summed E-state index contributed by atoms with van der Waals surface area (Å²) in [6.07, 6.45) is 2.47. The SMILES string of the molecule is CCOC(=O)c1ccc(-c2ccc(OCCOCCO)c(-c3ccc(N4CCCC4)c(C(C)(C)C)c3)c2)cc1. The van der Waals surface area contributed by atoms with Crippen LogP contribution in [-0.4, -0.2) is 57.2 Å². The maximum Gasteiger partial charge on any atom is 0.338 e. The van der Waals surface area contributed by atoms with E-state index in [2.05, 4.69) is 49.9 Å². The molecule has 0 bridgehead atoms. The summed E-state index contributed by atoms with van der Waals surface area (Å²) in [5.41, 5.74) is 7.29. The van der Waals surface area contributed by atoms with Crippen molar-refractivity contribution in [3.8, 4) is 28.0 Å². The van der Waals surface area contributed by atoms with E-state index in [1.807, 2.05) is 24.3 Å². The Labute approximate surface area is 232 Å². The lowest BCUT2D eigenvalue weighted by molar-refractivity contribution is 0.0526. The van der Waals surface area contributed by atoms with E-state index in [-0.39, 0.29) is 18.0 Å². The normalized spacial score (nSPS) is 13.5. The Morgan fingerprint density at radius 3 is 2.23 bits per heavy atom. The molecule has 1 aliphatic rings. The average molecular weight is 532 g/mol. The van der Waals surface area contributed by atoms with Gasteiger partial charge in [-0.1, -0.05) is 45.0 Å².